The number of fused-ring (bicyclic) bond motifs is 1. The van der Waals surface area contributed by atoms with Crippen LogP contribution in [0.1, 0.15) is 33.7 Å². The summed E-state index contributed by atoms with van der Waals surface area (Å²) in [6, 6.07) is 21.4. The Morgan fingerprint density at radius 3 is 2.66 bits per heavy atom. The monoisotopic (exact) mass is 420 g/mol. The maximum atomic E-state index is 13.5. The third kappa shape index (κ3) is 2.88. The van der Waals surface area contributed by atoms with Gasteiger partial charge >= 0.3 is 0 Å². The number of nitrogens with zero attached hydrogens (tertiary/aromatic N) is 2. The summed E-state index contributed by atoms with van der Waals surface area (Å²) in [5.41, 5.74) is 8.50. The zero-order chi connectivity index (χ0) is 21.7. The number of carbonyl (C=O) groups excluding carboxylic acids is 2. The standard InChI is InChI=1S/C26H20N4O2/c31-25(22-15-19-9-4-5-12-21(19)27-22)28-30-16-23(17-7-2-1-3-8-17)29-14-13-18-10-6-11-20(24(18)29)26(30)32/h1-5,7-9,11-16,27H,6,10H2,(H,28,31). The highest BCUT2D eigenvalue weighted by Crippen LogP contribution is 2.35. The summed E-state index contributed by atoms with van der Waals surface area (Å²) >= 11 is 0. The van der Waals surface area contributed by atoms with Gasteiger partial charge in [0.1, 0.15) is 5.69 Å². The molecular weight excluding hydrogens is 400 g/mol. The number of hydrazine groups is 1. The summed E-state index contributed by atoms with van der Waals surface area (Å²) in [6.07, 6.45) is 7.35. The number of aryl methyl sites for hydroxylation is 1. The lowest BCUT2D eigenvalue weighted by molar-refractivity contribution is -0.124. The molecule has 2 aliphatic rings. The van der Waals surface area contributed by atoms with Gasteiger partial charge in [-0.3, -0.25) is 15.0 Å². The van der Waals surface area contributed by atoms with Crippen LogP contribution in [0.2, 0.25) is 0 Å². The number of aromatic amines is 1. The Labute approximate surface area is 184 Å². The second-order valence-electron chi connectivity index (χ2n) is 7.98. The quantitative estimate of drug-likeness (QED) is 0.518. The van der Waals surface area contributed by atoms with Crippen LogP contribution in [-0.2, 0) is 11.2 Å². The van der Waals surface area contributed by atoms with E-state index in [9.17, 15) is 9.59 Å². The number of allylic oxidation sites excluding steroid dienone is 1. The number of benzene rings is 2. The van der Waals surface area contributed by atoms with Crippen LogP contribution < -0.4 is 5.43 Å². The van der Waals surface area contributed by atoms with E-state index in [1.165, 1.54) is 5.01 Å². The number of hydrogen-bond acceptors (Lipinski definition) is 2. The minimum Gasteiger partial charge on any atom is -0.350 e. The minimum absolute atomic E-state index is 0.249. The van der Waals surface area contributed by atoms with E-state index in [4.69, 9.17) is 0 Å². The van der Waals surface area contributed by atoms with Crippen molar-refractivity contribution in [3.05, 3.63) is 108 Å². The summed E-state index contributed by atoms with van der Waals surface area (Å²) in [6.45, 7) is 0. The topological polar surface area (TPSA) is 70.1 Å². The van der Waals surface area contributed by atoms with Gasteiger partial charge in [0.05, 0.1) is 23.2 Å². The predicted octanol–water partition coefficient (Wildman–Crippen LogP) is 4.33. The van der Waals surface area contributed by atoms with Crippen LogP contribution >= 0.6 is 0 Å². The smallest absolute Gasteiger partial charge is 0.286 e. The van der Waals surface area contributed by atoms with E-state index >= 15 is 0 Å². The maximum absolute atomic E-state index is 13.5. The average molecular weight is 420 g/mol. The van der Waals surface area contributed by atoms with Gasteiger partial charge in [-0.2, -0.15) is 0 Å². The first-order valence-electron chi connectivity index (χ1n) is 10.6. The van der Waals surface area contributed by atoms with Crippen molar-refractivity contribution in [1.82, 2.24) is 20.0 Å². The number of hydrogen-bond donors (Lipinski definition) is 2. The van der Waals surface area contributed by atoms with Crippen molar-refractivity contribution in [1.29, 1.82) is 0 Å². The molecule has 6 rings (SSSR count). The SMILES string of the molecule is O=C(NN1C=C(c2ccccc2)n2ccc3c2C(=CCC3)C1=O)c1cc2ccccc2[nH]1. The van der Waals surface area contributed by atoms with Gasteiger partial charge in [0.2, 0.25) is 0 Å². The molecule has 2 N–H and O–H groups in total. The minimum atomic E-state index is -0.374. The average Bonchev–Trinajstić information content (AvgIpc) is 3.43. The molecule has 0 unspecified atom stereocenters. The normalized spacial score (nSPS) is 15.1. The molecule has 2 aromatic heterocycles. The molecule has 0 atom stereocenters. The number of aromatic nitrogens is 2. The van der Waals surface area contributed by atoms with Crippen molar-refractivity contribution in [2.24, 2.45) is 0 Å². The second kappa shape index (κ2) is 7.13. The summed E-state index contributed by atoms with van der Waals surface area (Å²) in [4.78, 5) is 29.7. The van der Waals surface area contributed by atoms with Gasteiger partial charge in [0.25, 0.3) is 11.8 Å². The molecule has 6 nitrogen and oxygen atoms in total. The largest absolute Gasteiger partial charge is 0.350 e. The van der Waals surface area contributed by atoms with Gasteiger partial charge in [-0.05, 0) is 36.6 Å². The highest BCUT2D eigenvalue weighted by Gasteiger charge is 2.31. The Balaban J connectivity index is 1.44. The first kappa shape index (κ1) is 18.4. The van der Waals surface area contributed by atoms with Crippen LogP contribution in [-0.4, -0.2) is 26.4 Å². The number of amides is 2. The fraction of sp³-hybridized carbons (Fsp3) is 0.0769. The van der Waals surface area contributed by atoms with Crippen LogP contribution in [0.15, 0.2) is 85.2 Å². The second-order valence-corrected chi connectivity index (χ2v) is 7.98. The molecule has 0 fully saturated rings. The molecule has 0 saturated carbocycles. The van der Waals surface area contributed by atoms with Crippen molar-refractivity contribution in [3.63, 3.8) is 0 Å². The number of nitrogens with one attached hydrogen (secondary N) is 2. The van der Waals surface area contributed by atoms with Gasteiger partial charge < -0.3 is 9.55 Å². The van der Waals surface area contributed by atoms with E-state index in [2.05, 4.69) is 16.5 Å². The molecule has 1 aliphatic heterocycles. The van der Waals surface area contributed by atoms with E-state index in [-0.39, 0.29) is 11.8 Å². The number of carbonyl (C=O) groups is 2. The Bertz CT molecular complexity index is 1410. The summed E-state index contributed by atoms with van der Waals surface area (Å²) < 4.78 is 2.04. The predicted molar refractivity (Wildman–Crippen MR) is 123 cm³/mol. The molecule has 6 heteroatoms. The van der Waals surface area contributed by atoms with Crippen LogP contribution in [0.25, 0.3) is 22.2 Å². The molecule has 4 aromatic rings. The van der Waals surface area contributed by atoms with Crippen molar-refractivity contribution < 1.29 is 9.59 Å². The molecule has 0 bridgehead atoms. The first-order chi connectivity index (χ1) is 15.7. The third-order valence-electron chi connectivity index (χ3n) is 6.01. The maximum Gasteiger partial charge on any atom is 0.286 e. The fourth-order valence-electron chi connectivity index (χ4n) is 4.48. The van der Waals surface area contributed by atoms with Gasteiger partial charge in [0, 0.05) is 22.7 Å². The van der Waals surface area contributed by atoms with E-state index in [0.717, 1.165) is 46.3 Å². The van der Waals surface area contributed by atoms with Crippen LogP contribution in [0.4, 0.5) is 0 Å². The molecule has 2 amide bonds. The zero-order valence-electron chi connectivity index (χ0n) is 17.2. The lowest BCUT2D eigenvalue weighted by atomic mass is 9.96. The lowest BCUT2D eigenvalue weighted by Crippen LogP contribution is -2.43. The lowest BCUT2D eigenvalue weighted by Gasteiger charge is -2.20. The van der Waals surface area contributed by atoms with Gasteiger partial charge in [-0.25, -0.2) is 5.01 Å². The summed E-state index contributed by atoms with van der Waals surface area (Å²) in [5.74, 6) is -0.622. The first-order valence-corrected chi connectivity index (χ1v) is 10.6. The van der Waals surface area contributed by atoms with Crippen molar-refractivity contribution >= 4 is 34.0 Å². The molecule has 156 valence electrons. The van der Waals surface area contributed by atoms with Crippen LogP contribution in [0.3, 0.4) is 0 Å². The molecule has 3 heterocycles. The molecule has 32 heavy (non-hydrogen) atoms. The Kier molecular flexibility index (Phi) is 4.11. The van der Waals surface area contributed by atoms with Gasteiger partial charge in [0.15, 0.2) is 0 Å². The number of H-pyrrole nitrogens is 1. The summed E-state index contributed by atoms with van der Waals surface area (Å²) in [5, 5.41) is 2.25. The van der Waals surface area contributed by atoms with Crippen molar-refractivity contribution in [2.45, 2.75) is 12.8 Å². The molecule has 1 aliphatic carbocycles. The Morgan fingerprint density at radius 2 is 1.81 bits per heavy atom. The summed E-state index contributed by atoms with van der Waals surface area (Å²) in [7, 11) is 0. The van der Waals surface area contributed by atoms with E-state index in [1.54, 1.807) is 12.3 Å². The highest BCUT2D eigenvalue weighted by molar-refractivity contribution is 6.21. The third-order valence-corrected chi connectivity index (χ3v) is 6.01. The van der Waals surface area contributed by atoms with Crippen molar-refractivity contribution in [3.8, 4) is 0 Å². The van der Waals surface area contributed by atoms with E-state index in [0.29, 0.717) is 11.3 Å². The van der Waals surface area contributed by atoms with Gasteiger partial charge in [-0.15, -0.1) is 0 Å². The number of para-hydroxylation sites is 1. The molecular formula is C26H20N4O2. The van der Waals surface area contributed by atoms with E-state index < -0.39 is 0 Å². The molecule has 0 spiro atoms. The van der Waals surface area contributed by atoms with Crippen molar-refractivity contribution in [2.75, 3.05) is 0 Å². The highest BCUT2D eigenvalue weighted by atomic mass is 16.2. The van der Waals surface area contributed by atoms with Gasteiger partial charge in [-0.1, -0.05) is 54.6 Å². The Hall–Kier alpha value is -4.32. The Morgan fingerprint density at radius 1 is 1.00 bits per heavy atom. The molecule has 0 saturated heterocycles. The molecule has 2 aromatic carbocycles. The van der Waals surface area contributed by atoms with E-state index in [1.807, 2.05) is 71.4 Å². The molecule has 0 radical (unpaired) electrons. The number of rotatable bonds is 3. The van der Waals surface area contributed by atoms with Crippen LogP contribution in [0.5, 0.6) is 0 Å². The van der Waals surface area contributed by atoms with Crippen LogP contribution in [0, 0.1) is 0 Å². The fourth-order valence-corrected chi connectivity index (χ4v) is 4.48. The zero-order valence-corrected chi connectivity index (χ0v) is 17.2.